The fourth-order valence-electron chi connectivity index (χ4n) is 5.19. The van der Waals surface area contributed by atoms with Crippen LogP contribution in [0.4, 0.5) is 15.8 Å². The van der Waals surface area contributed by atoms with Gasteiger partial charge >= 0.3 is 0 Å². The molecule has 0 bridgehead atoms. The minimum absolute atomic E-state index is 0.121. The minimum Gasteiger partial charge on any atom is -0.480 e. The molecule has 0 spiro atoms. The molecule has 3 aromatic rings. The van der Waals surface area contributed by atoms with Gasteiger partial charge in [-0.3, -0.25) is 9.88 Å². The van der Waals surface area contributed by atoms with E-state index in [4.69, 9.17) is 4.74 Å². The van der Waals surface area contributed by atoms with Crippen molar-refractivity contribution in [3.05, 3.63) is 77.5 Å². The normalized spacial score (nSPS) is 17.2. The SMILES string of the molecule is COc1nccnc1CN1CN(C2CCN(c3c(C)cccc3F)CC2)Cc2ccccc21. The van der Waals surface area contributed by atoms with Crippen molar-refractivity contribution >= 4 is 11.4 Å². The second-order valence-electron chi connectivity index (χ2n) is 8.85. The Bertz CT molecular complexity index is 1100. The molecule has 172 valence electrons. The summed E-state index contributed by atoms with van der Waals surface area (Å²) in [6.45, 7) is 6.10. The van der Waals surface area contributed by atoms with Crippen LogP contribution in [0.2, 0.25) is 0 Å². The van der Waals surface area contributed by atoms with Crippen LogP contribution in [-0.4, -0.2) is 47.8 Å². The van der Waals surface area contributed by atoms with Crippen LogP contribution < -0.4 is 14.5 Å². The summed E-state index contributed by atoms with van der Waals surface area (Å²) in [7, 11) is 1.63. The molecule has 0 N–H and O–H groups in total. The number of hydrogen-bond acceptors (Lipinski definition) is 6. The first kappa shape index (κ1) is 21.6. The Morgan fingerprint density at radius 1 is 1.03 bits per heavy atom. The Hall–Kier alpha value is -3.19. The molecule has 1 saturated heterocycles. The van der Waals surface area contributed by atoms with E-state index in [0.717, 1.165) is 56.1 Å². The lowest BCUT2D eigenvalue weighted by atomic mass is 9.99. The van der Waals surface area contributed by atoms with Gasteiger partial charge in [-0.1, -0.05) is 30.3 Å². The van der Waals surface area contributed by atoms with Gasteiger partial charge in [0.05, 0.1) is 26.0 Å². The molecule has 2 aliphatic heterocycles. The van der Waals surface area contributed by atoms with E-state index in [1.54, 1.807) is 31.6 Å². The quantitative estimate of drug-likeness (QED) is 0.578. The van der Waals surface area contributed by atoms with Crippen molar-refractivity contribution in [2.24, 2.45) is 0 Å². The van der Waals surface area contributed by atoms with Crippen molar-refractivity contribution < 1.29 is 9.13 Å². The number of piperidine rings is 1. The number of halogens is 1. The highest BCUT2D eigenvalue weighted by Crippen LogP contribution is 2.33. The number of nitrogens with zero attached hydrogens (tertiary/aromatic N) is 5. The summed E-state index contributed by atoms with van der Waals surface area (Å²) in [5, 5.41) is 0. The van der Waals surface area contributed by atoms with Gasteiger partial charge in [0, 0.05) is 43.8 Å². The van der Waals surface area contributed by atoms with Gasteiger partial charge in [0.15, 0.2) is 0 Å². The number of ether oxygens (including phenoxy) is 1. The van der Waals surface area contributed by atoms with Crippen LogP contribution in [0.5, 0.6) is 5.88 Å². The summed E-state index contributed by atoms with van der Waals surface area (Å²) in [6, 6.07) is 14.4. The van der Waals surface area contributed by atoms with Crippen molar-refractivity contribution in [1.82, 2.24) is 14.9 Å². The molecule has 0 aliphatic carbocycles. The zero-order valence-corrected chi connectivity index (χ0v) is 19.2. The molecule has 0 atom stereocenters. The van der Waals surface area contributed by atoms with Crippen LogP contribution in [-0.2, 0) is 13.1 Å². The minimum atomic E-state index is -0.121. The van der Waals surface area contributed by atoms with E-state index in [9.17, 15) is 4.39 Å². The maximum Gasteiger partial charge on any atom is 0.237 e. The number of anilines is 2. The molecule has 0 saturated carbocycles. The highest BCUT2D eigenvalue weighted by Gasteiger charge is 2.31. The van der Waals surface area contributed by atoms with Crippen LogP contribution >= 0.6 is 0 Å². The fourth-order valence-corrected chi connectivity index (χ4v) is 5.19. The first-order valence-electron chi connectivity index (χ1n) is 11.5. The second kappa shape index (κ2) is 9.35. The molecule has 3 heterocycles. The van der Waals surface area contributed by atoms with Gasteiger partial charge in [0.1, 0.15) is 11.5 Å². The smallest absolute Gasteiger partial charge is 0.237 e. The van der Waals surface area contributed by atoms with E-state index in [1.807, 2.05) is 13.0 Å². The molecule has 1 fully saturated rings. The lowest BCUT2D eigenvalue weighted by molar-refractivity contribution is 0.151. The third kappa shape index (κ3) is 4.37. The fraction of sp³-hybridized carbons (Fsp3) is 0.385. The Morgan fingerprint density at radius 3 is 2.61 bits per heavy atom. The van der Waals surface area contributed by atoms with Crippen molar-refractivity contribution in [3.8, 4) is 5.88 Å². The topological polar surface area (TPSA) is 44.7 Å². The van der Waals surface area contributed by atoms with E-state index in [-0.39, 0.29) is 5.82 Å². The monoisotopic (exact) mass is 447 g/mol. The third-order valence-electron chi connectivity index (χ3n) is 6.81. The predicted molar refractivity (Wildman–Crippen MR) is 128 cm³/mol. The molecule has 0 radical (unpaired) electrons. The summed E-state index contributed by atoms with van der Waals surface area (Å²) in [6.07, 6.45) is 5.40. The molecule has 7 heteroatoms. The summed E-state index contributed by atoms with van der Waals surface area (Å²) >= 11 is 0. The number of rotatable bonds is 5. The van der Waals surface area contributed by atoms with Crippen molar-refractivity contribution in [1.29, 1.82) is 0 Å². The van der Waals surface area contributed by atoms with Crippen LogP contribution in [0.1, 0.15) is 29.7 Å². The molecule has 1 aromatic heterocycles. The van der Waals surface area contributed by atoms with Crippen molar-refractivity contribution in [2.45, 2.75) is 38.9 Å². The third-order valence-corrected chi connectivity index (χ3v) is 6.81. The van der Waals surface area contributed by atoms with Crippen LogP contribution in [0, 0.1) is 12.7 Å². The maximum atomic E-state index is 14.5. The summed E-state index contributed by atoms with van der Waals surface area (Å²) in [5.74, 6) is 0.449. The number of benzene rings is 2. The van der Waals surface area contributed by atoms with Gasteiger partial charge in [-0.2, -0.15) is 0 Å². The van der Waals surface area contributed by atoms with Crippen LogP contribution in [0.3, 0.4) is 0 Å². The molecule has 0 amide bonds. The highest BCUT2D eigenvalue weighted by molar-refractivity contribution is 5.56. The van der Waals surface area contributed by atoms with E-state index in [2.05, 4.69) is 48.9 Å². The molecule has 6 nitrogen and oxygen atoms in total. The summed E-state index contributed by atoms with van der Waals surface area (Å²) < 4.78 is 19.9. The van der Waals surface area contributed by atoms with E-state index in [0.29, 0.717) is 18.5 Å². The molecular weight excluding hydrogens is 417 g/mol. The Labute approximate surface area is 194 Å². The lowest BCUT2D eigenvalue weighted by Crippen LogP contribution is -2.51. The average Bonchev–Trinajstić information content (AvgIpc) is 2.84. The number of aryl methyl sites for hydroxylation is 1. The Morgan fingerprint density at radius 2 is 1.82 bits per heavy atom. The number of hydrogen-bond donors (Lipinski definition) is 0. The second-order valence-corrected chi connectivity index (χ2v) is 8.85. The van der Waals surface area contributed by atoms with Gasteiger partial charge in [-0.15, -0.1) is 0 Å². The van der Waals surface area contributed by atoms with E-state index in [1.165, 1.54) is 11.3 Å². The molecule has 5 rings (SSSR count). The molecular formula is C26H30FN5O. The van der Waals surface area contributed by atoms with Crippen molar-refractivity contribution in [3.63, 3.8) is 0 Å². The number of fused-ring (bicyclic) bond motifs is 1. The average molecular weight is 448 g/mol. The summed E-state index contributed by atoms with van der Waals surface area (Å²) in [5.41, 5.74) is 5.15. The van der Waals surface area contributed by atoms with E-state index >= 15 is 0 Å². The van der Waals surface area contributed by atoms with E-state index < -0.39 is 0 Å². The molecule has 2 aromatic carbocycles. The van der Waals surface area contributed by atoms with Gasteiger partial charge in [-0.25, -0.2) is 9.37 Å². The first-order valence-corrected chi connectivity index (χ1v) is 11.5. The van der Waals surface area contributed by atoms with Crippen LogP contribution in [0.25, 0.3) is 0 Å². The number of aromatic nitrogens is 2. The van der Waals surface area contributed by atoms with Gasteiger partial charge < -0.3 is 14.5 Å². The lowest BCUT2D eigenvalue weighted by Gasteiger charge is -2.45. The zero-order chi connectivity index (χ0) is 22.8. The molecule has 2 aliphatic rings. The van der Waals surface area contributed by atoms with Crippen molar-refractivity contribution in [2.75, 3.05) is 36.7 Å². The highest BCUT2D eigenvalue weighted by atomic mass is 19.1. The van der Waals surface area contributed by atoms with Gasteiger partial charge in [0.2, 0.25) is 5.88 Å². The maximum absolute atomic E-state index is 14.5. The number of methoxy groups -OCH3 is 1. The molecule has 0 unspecified atom stereocenters. The predicted octanol–water partition coefficient (Wildman–Crippen LogP) is 4.38. The standard InChI is InChI=1S/C26H30FN5O/c1-19-6-5-8-22(27)25(19)30-14-10-21(11-15-30)31-16-20-7-3-4-9-24(20)32(18-31)17-23-26(33-2)29-13-12-28-23/h3-9,12-13,21H,10-11,14-18H2,1-2H3. The Kier molecular flexibility index (Phi) is 6.13. The molecule has 33 heavy (non-hydrogen) atoms. The zero-order valence-electron chi connectivity index (χ0n) is 19.2. The first-order chi connectivity index (χ1) is 16.1. The van der Waals surface area contributed by atoms with Crippen LogP contribution in [0.15, 0.2) is 54.9 Å². The summed E-state index contributed by atoms with van der Waals surface area (Å²) in [4.78, 5) is 16.0. The van der Waals surface area contributed by atoms with Gasteiger partial charge in [-0.05, 0) is 43.0 Å². The Balaban J connectivity index is 1.33. The number of para-hydroxylation sites is 2. The largest absolute Gasteiger partial charge is 0.480 e. The van der Waals surface area contributed by atoms with Gasteiger partial charge in [0.25, 0.3) is 0 Å².